The lowest BCUT2D eigenvalue weighted by molar-refractivity contribution is -0.134. The van der Waals surface area contributed by atoms with E-state index in [4.69, 9.17) is 13.9 Å². The number of methoxy groups -OCH3 is 2. The van der Waals surface area contributed by atoms with E-state index < -0.39 is 0 Å². The summed E-state index contributed by atoms with van der Waals surface area (Å²) in [5.74, 6) is 2.82. The number of piperidine rings is 1. The van der Waals surface area contributed by atoms with Gasteiger partial charge in [0.25, 0.3) is 5.22 Å². The zero-order valence-corrected chi connectivity index (χ0v) is 17.7. The summed E-state index contributed by atoms with van der Waals surface area (Å²) in [4.78, 5) is 14.9. The van der Waals surface area contributed by atoms with Crippen molar-refractivity contribution in [2.75, 3.05) is 26.5 Å². The molecule has 2 fully saturated rings. The molecule has 2 aromatic rings. The molecule has 1 aromatic heterocycles. The fraction of sp³-hybridized carbons (Fsp3) is 0.571. The van der Waals surface area contributed by atoms with Gasteiger partial charge < -0.3 is 18.8 Å². The summed E-state index contributed by atoms with van der Waals surface area (Å²) in [6, 6.07) is 5.86. The standard InChI is InChI=1S/C21H27N3O4S/c1-26-17-10-9-15(12-18(17)27-2)20-22-23-21(28-20)29-13-19(25)24-11-5-7-14-6-3-4-8-16(14)24/h9-10,12,14,16H,3-8,11,13H2,1-2H3/t14-,16+/m1/s1. The van der Waals surface area contributed by atoms with Crippen LogP contribution in [0.5, 0.6) is 11.5 Å². The number of fused-ring (bicyclic) bond motifs is 1. The Balaban J connectivity index is 1.39. The van der Waals surface area contributed by atoms with Gasteiger partial charge >= 0.3 is 0 Å². The molecule has 8 heteroatoms. The minimum absolute atomic E-state index is 0.178. The third-order valence-electron chi connectivity index (χ3n) is 5.92. The third-order valence-corrected chi connectivity index (χ3v) is 6.72. The van der Waals surface area contributed by atoms with Crippen LogP contribution in [0.25, 0.3) is 11.5 Å². The predicted molar refractivity (Wildman–Crippen MR) is 110 cm³/mol. The van der Waals surface area contributed by atoms with Gasteiger partial charge in [0.05, 0.1) is 20.0 Å². The van der Waals surface area contributed by atoms with Crippen LogP contribution in [-0.2, 0) is 4.79 Å². The molecule has 1 saturated carbocycles. The molecule has 29 heavy (non-hydrogen) atoms. The van der Waals surface area contributed by atoms with E-state index in [1.54, 1.807) is 26.4 Å². The zero-order chi connectivity index (χ0) is 20.2. The maximum absolute atomic E-state index is 12.8. The highest BCUT2D eigenvalue weighted by atomic mass is 32.2. The van der Waals surface area contributed by atoms with Crippen molar-refractivity contribution >= 4 is 17.7 Å². The molecule has 1 aromatic carbocycles. The molecule has 2 atom stereocenters. The Hall–Kier alpha value is -2.22. The number of carbonyl (C=O) groups is 1. The smallest absolute Gasteiger partial charge is 0.277 e. The minimum atomic E-state index is 0.178. The fourth-order valence-corrected chi connectivity index (χ4v) is 5.14. The Bertz CT molecular complexity index is 854. The van der Waals surface area contributed by atoms with Gasteiger partial charge in [-0.25, -0.2) is 0 Å². The van der Waals surface area contributed by atoms with E-state index in [2.05, 4.69) is 15.1 Å². The summed E-state index contributed by atoms with van der Waals surface area (Å²) >= 11 is 1.31. The van der Waals surface area contributed by atoms with Crippen LogP contribution in [0.1, 0.15) is 38.5 Å². The molecule has 1 amide bonds. The number of hydrogen-bond acceptors (Lipinski definition) is 7. The third kappa shape index (κ3) is 4.37. The summed E-state index contributed by atoms with van der Waals surface area (Å²) in [5, 5.41) is 8.61. The first-order chi connectivity index (χ1) is 14.2. The van der Waals surface area contributed by atoms with E-state index in [9.17, 15) is 4.79 Å². The van der Waals surface area contributed by atoms with Crippen LogP contribution in [-0.4, -0.2) is 53.6 Å². The molecule has 7 nitrogen and oxygen atoms in total. The summed E-state index contributed by atoms with van der Waals surface area (Å²) in [6.07, 6.45) is 7.32. The normalized spacial score (nSPS) is 21.5. The van der Waals surface area contributed by atoms with Crippen LogP contribution in [0, 0.1) is 5.92 Å². The van der Waals surface area contributed by atoms with Gasteiger partial charge in [0.15, 0.2) is 11.5 Å². The molecule has 0 N–H and O–H groups in total. The number of likely N-dealkylation sites (tertiary alicyclic amines) is 1. The van der Waals surface area contributed by atoms with Crippen LogP contribution < -0.4 is 9.47 Å². The van der Waals surface area contributed by atoms with Gasteiger partial charge in [0, 0.05) is 18.2 Å². The number of hydrogen-bond donors (Lipinski definition) is 0. The maximum atomic E-state index is 12.8. The van der Waals surface area contributed by atoms with Gasteiger partial charge in [-0.3, -0.25) is 4.79 Å². The van der Waals surface area contributed by atoms with Crippen LogP contribution >= 0.6 is 11.8 Å². The molecule has 1 saturated heterocycles. The Morgan fingerprint density at radius 1 is 1.14 bits per heavy atom. The van der Waals surface area contributed by atoms with Crippen LogP contribution in [0.2, 0.25) is 0 Å². The minimum Gasteiger partial charge on any atom is -0.493 e. The van der Waals surface area contributed by atoms with E-state index in [0.717, 1.165) is 24.9 Å². The molecule has 4 rings (SSSR count). The first-order valence-electron chi connectivity index (χ1n) is 10.2. The van der Waals surface area contributed by atoms with Crippen molar-refractivity contribution in [2.24, 2.45) is 5.92 Å². The lowest BCUT2D eigenvalue weighted by Crippen LogP contribution is -2.50. The van der Waals surface area contributed by atoms with Crippen LogP contribution in [0.3, 0.4) is 0 Å². The van der Waals surface area contributed by atoms with Crippen molar-refractivity contribution in [3.63, 3.8) is 0 Å². The molecular formula is C21H27N3O4S. The lowest BCUT2D eigenvalue weighted by Gasteiger charge is -2.44. The van der Waals surface area contributed by atoms with Crippen molar-refractivity contribution in [2.45, 2.75) is 49.8 Å². The van der Waals surface area contributed by atoms with Crippen molar-refractivity contribution in [3.8, 4) is 23.0 Å². The highest BCUT2D eigenvalue weighted by Crippen LogP contribution is 2.36. The number of ether oxygens (including phenoxy) is 2. The summed E-state index contributed by atoms with van der Waals surface area (Å²) < 4.78 is 16.3. The fourth-order valence-electron chi connectivity index (χ4n) is 4.49. The second kappa shape index (κ2) is 9.07. The molecule has 1 aliphatic heterocycles. The van der Waals surface area contributed by atoms with Gasteiger partial charge in [-0.05, 0) is 49.8 Å². The average Bonchev–Trinajstić information content (AvgIpc) is 3.25. The SMILES string of the molecule is COc1ccc(-c2nnc(SCC(=O)N3CCC[C@H]4CCCC[C@@H]43)o2)cc1OC. The van der Waals surface area contributed by atoms with E-state index in [0.29, 0.717) is 40.3 Å². The maximum Gasteiger partial charge on any atom is 0.277 e. The number of thioether (sulfide) groups is 1. The monoisotopic (exact) mass is 417 g/mol. The Morgan fingerprint density at radius 2 is 1.93 bits per heavy atom. The number of aromatic nitrogens is 2. The Morgan fingerprint density at radius 3 is 2.76 bits per heavy atom. The molecule has 1 aliphatic carbocycles. The number of rotatable bonds is 6. The van der Waals surface area contributed by atoms with E-state index in [1.807, 2.05) is 6.07 Å². The Kier molecular flexibility index (Phi) is 6.28. The molecule has 2 aliphatic rings. The van der Waals surface area contributed by atoms with E-state index >= 15 is 0 Å². The van der Waals surface area contributed by atoms with Gasteiger partial charge in [-0.1, -0.05) is 24.6 Å². The number of carbonyl (C=O) groups excluding carboxylic acids is 1. The van der Waals surface area contributed by atoms with Crippen LogP contribution in [0.15, 0.2) is 27.8 Å². The summed E-state index contributed by atoms with van der Waals surface area (Å²) in [5.41, 5.74) is 0.745. The number of benzene rings is 1. The molecule has 0 radical (unpaired) electrons. The van der Waals surface area contributed by atoms with Crippen LogP contribution in [0.4, 0.5) is 0 Å². The molecule has 2 heterocycles. The van der Waals surface area contributed by atoms with Gasteiger partial charge in [0.1, 0.15) is 0 Å². The molecular weight excluding hydrogens is 390 g/mol. The van der Waals surface area contributed by atoms with Gasteiger partial charge in [0.2, 0.25) is 11.8 Å². The van der Waals surface area contributed by atoms with Gasteiger partial charge in [-0.2, -0.15) is 0 Å². The predicted octanol–water partition coefficient (Wildman–Crippen LogP) is 4.03. The van der Waals surface area contributed by atoms with E-state index in [-0.39, 0.29) is 5.91 Å². The highest BCUT2D eigenvalue weighted by Gasteiger charge is 2.35. The lowest BCUT2D eigenvalue weighted by atomic mass is 9.78. The summed E-state index contributed by atoms with van der Waals surface area (Å²) in [7, 11) is 3.17. The van der Waals surface area contributed by atoms with Gasteiger partial charge in [-0.15, -0.1) is 10.2 Å². The van der Waals surface area contributed by atoms with Crippen molar-refractivity contribution in [1.82, 2.24) is 15.1 Å². The molecule has 156 valence electrons. The second-order valence-corrected chi connectivity index (χ2v) is 8.50. The van der Waals surface area contributed by atoms with E-state index in [1.165, 1.54) is 37.4 Å². The Labute approximate surface area is 175 Å². The molecule has 0 bridgehead atoms. The highest BCUT2D eigenvalue weighted by molar-refractivity contribution is 7.99. The first kappa shape index (κ1) is 20.1. The quantitative estimate of drug-likeness (QED) is 0.657. The molecule has 0 spiro atoms. The number of nitrogens with zero attached hydrogens (tertiary/aromatic N) is 3. The largest absolute Gasteiger partial charge is 0.493 e. The van der Waals surface area contributed by atoms with Crippen molar-refractivity contribution in [1.29, 1.82) is 0 Å². The second-order valence-electron chi connectivity index (χ2n) is 7.57. The molecule has 0 unspecified atom stereocenters. The topological polar surface area (TPSA) is 77.7 Å². The average molecular weight is 418 g/mol. The number of amides is 1. The summed E-state index contributed by atoms with van der Waals surface area (Å²) in [6.45, 7) is 0.876. The van der Waals surface area contributed by atoms with Crippen molar-refractivity contribution < 1.29 is 18.7 Å². The zero-order valence-electron chi connectivity index (χ0n) is 16.9. The van der Waals surface area contributed by atoms with Crippen molar-refractivity contribution in [3.05, 3.63) is 18.2 Å². The first-order valence-corrected chi connectivity index (χ1v) is 11.2.